The van der Waals surface area contributed by atoms with Crippen LogP contribution in [0.1, 0.15) is 10.4 Å². The van der Waals surface area contributed by atoms with Crippen LogP contribution < -0.4 is 17.2 Å². The minimum Gasteiger partial charge on any atom is -0.478 e. The highest BCUT2D eigenvalue weighted by Crippen LogP contribution is 2.49. The van der Waals surface area contributed by atoms with Gasteiger partial charge in [-0.25, -0.2) is 38.4 Å². The second-order valence-corrected chi connectivity index (χ2v) is 22.1. The Morgan fingerprint density at radius 1 is 0.569 bits per heavy atom. The number of carboxylic acid groups (broad SMARTS) is 1. The lowest BCUT2D eigenvalue weighted by atomic mass is 10.1. The van der Waals surface area contributed by atoms with E-state index in [1.54, 1.807) is 0 Å². The zero-order chi connectivity index (χ0) is 48.9. The van der Waals surface area contributed by atoms with Crippen molar-refractivity contribution in [2.75, 3.05) is 36.2 Å². The van der Waals surface area contributed by atoms with Crippen LogP contribution in [0.25, 0.3) is 0 Å². The third kappa shape index (κ3) is 13.4. The lowest BCUT2D eigenvalue weighted by Gasteiger charge is -2.13. The Morgan fingerprint density at radius 3 is 1.32 bits per heavy atom. The smallest absolute Gasteiger partial charge is 0.397 e. The Hall–Kier alpha value is -6.21. The molecule has 0 fully saturated rings. The molecule has 34 heteroatoms. The fourth-order valence-corrected chi connectivity index (χ4v) is 9.39. The number of anilines is 2. The lowest BCUT2D eigenvalue weighted by Crippen LogP contribution is -2.15. The summed E-state index contributed by atoms with van der Waals surface area (Å²) in [5, 5.41) is 32.5. The van der Waals surface area contributed by atoms with Crippen molar-refractivity contribution in [1.29, 1.82) is 0 Å². The number of nitrogen functional groups attached to an aromatic ring is 2. The number of carbonyl (C=O) groups is 1. The van der Waals surface area contributed by atoms with E-state index in [-0.39, 0.29) is 21.2 Å². The van der Waals surface area contributed by atoms with Gasteiger partial charge in [-0.05, 0) is 66.7 Å². The summed E-state index contributed by atoms with van der Waals surface area (Å²) in [6.07, 6.45) is 0. The largest absolute Gasteiger partial charge is 0.478 e. The van der Waals surface area contributed by atoms with Crippen molar-refractivity contribution >= 4 is 112 Å². The van der Waals surface area contributed by atoms with E-state index in [4.69, 9.17) is 26.3 Å². The average Bonchev–Trinajstić information content (AvgIpc) is 3.18. The number of nitrogens with zero attached hydrogens (tertiary/aromatic N) is 6. The minimum atomic E-state index is -5.31. The number of aromatic carboxylic acids is 1. The molecule has 0 amide bonds. The van der Waals surface area contributed by atoms with Gasteiger partial charge in [-0.3, -0.25) is 13.7 Å². The van der Waals surface area contributed by atoms with Crippen molar-refractivity contribution < 1.29 is 82.4 Å². The van der Waals surface area contributed by atoms with Crippen LogP contribution in [-0.4, -0.2) is 100.0 Å². The van der Waals surface area contributed by atoms with Crippen molar-refractivity contribution in [3.8, 4) is 0 Å². The van der Waals surface area contributed by atoms with E-state index in [0.717, 1.165) is 60.7 Å². The molecule has 0 aliphatic rings. The molecule has 10 N–H and O–H groups in total. The van der Waals surface area contributed by atoms with Crippen LogP contribution in [0.5, 0.6) is 0 Å². The van der Waals surface area contributed by atoms with Crippen LogP contribution in [0, 0.1) is 0 Å². The highest BCUT2D eigenvalue weighted by Gasteiger charge is 2.28. The van der Waals surface area contributed by atoms with E-state index in [1.165, 1.54) is 0 Å². The van der Waals surface area contributed by atoms with E-state index in [0.29, 0.717) is 6.07 Å². The summed E-state index contributed by atoms with van der Waals surface area (Å²) in [5.41, 5.74) is 12.2. The first-order valence-corrected chi connectivity index (χ1v) is 25.7. The van der Waals surface area contributed by atoms with E-state index in [9.17, 15) is 65.0 Å². The molecule has 4 aromatic rings. The third-order valence-electron chi connectivity index (χ3n) is 7.92. The normalized spacial score (nSPS) is 13.2. The fraction of sp³-hybridized carbons (Fsp3) is 0.129. The Morgan fingerprint density at radius 2 is 0.954 bits per heavy atom. The van der Waals surface area contributed by atoms with E-state index < -0.39 is 146 Å². The molecule has 0 aliphatic carbocycles. The summed E-state index contributed by atoms with van der Waals surface area (Å²) >= 11 is 0. The molecule has 0 saturated carbocycles. The zero-order valence-electron chi connectivity index (χ0n) is 32.2. The van der Waals surface area contributed by atoms with Gasteiger partial charge in [-0.15, -0.1) is 20.5 Å². The summed E-state index contributed by atoms with van der Waals surface area (Å²) in [6.45, 7) is 1.24. The predicted octanol–water partition coefficient (Wildman–Crippen LogP) is 3.43. The summed E-state index contributed by atoms with van der Waals surface area (Å²) in [4.78, 5) is 10.2. The Balaban J connectivity index is 1.88. The number of benzene rings is 4. The van der Waals surface area contributed by atoms with Gasteiger partial charge in [0.2, 0.25) is 9.84 Å². The van der Waals surface area contributed by atoms with Crippen molar-refractivity contribution in [3.05, 3.63) is 83.9 Å². The van der Waals surface area contributed by atoms with E-state index in [2.05, 4.69) is 45.6 Å². The maximum Gasteiger partial charge on any atom is 0.397 e. The van der Waals surface area contributed by atoms with Crippen LogP contribution >= 0.6 is 0 Å². The molecular formula is C31H31N9O19S6. The molecule has 4 aromatic carbocycles. The third-order valence-corrected chi connectivity index (χ3v) is 14.7. The van der Waals surface area contributed by atoms with Gasteiger partial charge >= 0.3 is 26.8 Å². The first kappa shape index (κ1) is 51.4. The molecule has 0 bridgehead atoms. The van der Waals surface area contributed by atoms with E-state index in [1.807, 2.05) is 0 Å². The Labute approximate surface area is 368 Å². The number of hydrogen-bond acceptors (Lipinski definition) is 24. The quantitative estimate of drug-likeness (QED) is 0.0379. The highest BCUT2D eigenvalue weighted by atomic mass is 32.3. The van der Waals surface area contributed by atoms with Crippen molar-refractivity contribution in [2.24, 2.45) is 36.4 Å². The Kier molecular flexibility index (Phi) is 15.4. The van der Waals surface area contributed by atoms with Crippen LogP contribution in [0.3, 0.4) is 0 Å². The monoisotopic (exact) mass is 1030 g/mol. The molecule has 0 unspecified atom stereocenters. The molecule has 0 aromatic heterocycles. The number of nitrogens with two attached hydrogens (primary N) is 3. The zero-order valence-corrected chi connectivity index (χ0v) is 37.1. The van der Waals surface area contributed by atoms with Gasteiger partial charge in [0, 0.05) is 0 Å². The van der Waals surface area contributed by atoms with Gasteiger partial charge < -0.3 is 22.3 Å². The van der Waals surface area contributed by atoms with Crippen molar-refractivity contribution in [1.82, 2.24) is 0 Å². The van der Waals surface area contributed by atoms with Gasteiger partial charge in [0.1, 0.15) is 38.2 Å². The number of hydrogen-bond donors (Lipinski definition) is 7. The Bertz CT molecular complexity index is 3350. The molecule has 65 heavy (non-hydrogen) atoms. The second-order valence-electron chi connectivity index (χ2n) is 12.4. The molecule has 0 atom stereocenters. The average molecular weight is 1030 g/mol. The summed E-state index contributed by atoms with van der Waals surface area (Å²) in [7, 11) is -28.1. The molecule has 28 nitrogen and oxygen atoms in total. The standard InChI is InChI=1S/C31H31N9O19S6/c1-17(32)62(47,48)22-10-11-23(24(16-22)63(49,50)51)37-39-29-25(31(41)42)28(38-35-18-2-6-20(7-3-18)60(43,44)14-12-58-64(52,53)54)26(33)30(27(29)34)40-36-19-4-8-21(9-5-19)61(45,46)15-13-59-65(55,56)57/h2-11,16H,1,12-15,32-34H2,(H,41,42)(H,49,50,51)(H,52,53,54)(H,55,56,57). The summed E-state index contributed by atoms with van der Waals surface area (Å²) in [5.74, 6) is -3.63. The molecule has 0 radical (unpaired) electrons. The topological polar surface area (TPSA) is 474 Å². The van der Waals surface area contributed by atoms with Gasteiger partial charge in [-0.1, -0.05) is 6.58 Å². The van der Waals surface area contributed by atoms with Gasteiger partial charge in [0.05, 0.1) is 62.2 Å². The first-order valence-electron chi connectivity index (χ1n) is 16.8. The summed E-state index contributed by atoms with van der Waals surface area (Å²) in [6, 6.07) is 10.4. The van der Waals surface area contributed by atoms with Crippen LogP contribution in [-0.2, 0) is 68.8 Å². The molecular weight excluding hydrogens is 995 g/mol. The maximum absolute atomic E-state index is 12.8. The van der Waals surface area contributed by atoms with E-state index >= 15 is 0 Å². The molecule has 0 saturated heterocycles. The number of azo groups is 3. The molecule has 0 spiro atoms. The second kappa shape index (κ2) is 19.5. The first-order chi connectivity index (χ1) is 29.8. The van der Waals surface area contributed by atoms with Crippen molar-refractivity contribution in [3.63, 3.8) is 0 Å². The lowest BCUT2D eigenvalue weighted by molar-refractivity contribution is 0.0698. The minimum absolute atomic E-state index is 0.113. The summed E-state index contributed by atoms with van der Waals surface area (Å²) < 4.78 is 179. The molecule has 4 rings (SSSR count). The van der Waals surface area contributed by atoms with Crippen LogP contribution in [0.2, 0.25) is 0 Å². The SMILES string of the molecule is C=C(N)S(=O)(=O)c1ccc(N=Nc2c(N)c(N=Nc3ccc(S(=O)(=O)CCOS(=O)(=O)O)cc3)c(N)c(N=Nc3ccc(S(=O)(=O)CCOS(=O)(=O)O)cc3)c2C(=O)O)c(S(=O)(=O)O)c1. The fourth-order valence-electron chi connectivity index (χ4n) is 4.86. The molecule has 350 valence electrons. The molecule has 0 aliphatic heterocycles. The van der Waals surface area contributed by atoms with Crippen molar-refractivity contribution in [2.45, 2.75) is 19.6 Å². The van der Waals surface area contributed by atoms with Crippen LogP contribution in [0.4, 0.5) is 45.5 Å². The maximum atomic E-state index is 12.8. The predicted molar refractivity (Wildman–Crippen MR) is 224 cm³/mol. The number of sulfone groups is 3. The number of carboxylic acids is 1. The molecule has 0 heterocycles. The van der Waals surface area contributed by atoms with Crippen LogP contribution in [0.15, 0.2) is 129 Å². The van der Waals surface area contributed by atoms with Gasteiger partial charge in [-0.2, -0.15) is 35.5 Å². The number of rotatable bonds is 20. The van der Waals surface area contributed by atoms with Gasteiger partial charge in [0.25, 0.3) is 10.1 Å². The highest BCUT2D eigenvalue weighted by molar-refractivity contribution is 7.95. The van der Waals surface area contributed by atoms with Gasteiger partial charge in [0.15, 0.2) is 19.7 Å².